The lowest BCUT2D eigenvalue weighted by molar-refractivity contribution is -0.117. The third kappa shape index (κ3) is 4.34. The second-order valence-electron chi connectivity index (χ2n) is 7.01. The molecule has 142 valence electrons. The van der Waals surface area contributed by atoms with Crippen molar-refractivity contribution >= 4 is 17.3 Å². The van der Waals surface area contributed by atoms with Crippen molar-refractivity contribution in [3.05, 3.63) is 48.0 Å². The van der Waals surface area contributed by atoms with E-state index < -0.39 is 0 Å². The van der Waals surface area contributed by atoms with Gasteiger partial charge in [-0.05, 0) is 36.8 Å². The highest BCUT2D eigenvalue weighted by Crippen LogP contribution is 2.32. The van der Waals surface area contributed by atoms with Crippen molar-refractivity contribution in [3.63, 3.8) is 0 Å². The fourth-order valence-electron chi connectivity index (χ4n) is 3.51. The molecule has 2 aromatic carbocycles. The van der Waals surface area contributed by atoms with Crippen molar-refractivity contribution in [1.29, 1.82) is 0 Å². The number of benzene rings is 2. The zero-order valence-corrected chi connectivity index (χ0v) is 15.6. The molecule has 1 saturated heterocycles. The molecule has 1 fully saturated rings. The Morgan fingerprint density at radius 1 is 1.00 bits per heavy atom. The van der Waals surface area contributed by atoms with Gasteiger partial charge in [-0.2, -0.15) is 0 Å². The Morgan fingerprint density at radius 2 is 1.78 bits per heavy atom. The molecule has 0 atom stereocenters. The van der Waals surface area contributed by atoms with Gasteiger partial charge in [0.1, 0.15) is 13.2 Å². The standard InChI is InChI=1S/C21H25N3O3/c1-16-3-2-4-18(13-16)24-9-7-23(8-10-24)15-21(25)22-17-5-6-19-20(14-17)27-12-11-26-19/h2-6,13-14H,7-12,15H2,1H3,(H,22,25). The van der Waals surface area contributed by atoms with Crippen LogP contribution in [0.4, 0.5) is 11.4 Å². The van der Waals surface area contributed by atoms with Crippen molar-refractivity contribution in [3.8, 4) is 11.5 Å². The van der Waals surface area contributed by atoms with Crippen LogP contribution in [0.3, 0.4) is 0 Å². The zero-order valence-electron chi connectivity index (χ0n) is 15.6. The first-order valence-corrected chi connectivity index (χ1v) is 9.41. The number of hydrogen-bond donors (Lipinski definition) is 1. The molecule has 0 radical (unpaired) electrons. The first kappa shape index (κ1) is 17.7. The van der Waals surface area contributed by atoms with Crippen molar-refractivity contribution in [2.24, 2.45) is 0 Å². The minimum atomic E-state index is -0.00400. The van der Waals surface area contributed by atoms with Crippen LogP contribution in [0.1, 0.15) is 5.56 Å². The van der Waals surface area contributed by atoms with E-state index in [0.717, 1.165) is 37.6 Å². The number of nitrogens with one attached hydrogen (secondary N) is 1. The van der Waals surface area contributed by atoms with Gasteiger partial charge in [0, 0.05) is 43.6 Å². The summed E-state index contributed by atoms with van der Waals surface area (Å²) in [5.74, 6) is 1.41. The summed E-state index contributed by atoms with van der Waals surface area (Å²) in [6.07, 6.45) is 0. The highest BCUT2D eigenvalue weighted by atomic mass is 16.6. The third-order valence-corrected chi connectivity index (χ3v) is 4.93. The van der Waals surface area contributed by atoms with Gasteiger partial charge in [-0.3, -0.25) is 9.69 Å². The first-order chi connectivity index (χ1) is 13.2. The molecule has 1 N–H and O–H groups in total. The van der Waals surface area contributed by atoms with Crippen molar-refractivity contribution in [1.82, 2.24) is 4.90 Å². The summed E-state index contributed by atoms with van der Waals surface area (Å²) in [7, 11) is 0. The molecule has 0 bridgehead atoms. The number of anilines is 2. The molecule has 2 aromatic rings. The number of piperazine rings is 1. The number of fused-ring (bicyclic) bond motifs is 1. The Hall–Kier alpha value is -2.73. The molecule has 1 amide bonds. The van der Waals surface area contributed by atoms with Gasteiger partial charge in [-0.1, -0.05) is 12.1 Å². The van der Waals surface area contributed by atoms with Gasteiger partial charge >= 0.3 is 0 Å². The number of ether oxygens (including phenoxy) is 2. The Balaban J connectivity index is 1.28. The molecule has 6 heteroatoms. The molecule has 0 aliphatic carbocycles. The maximum atomic E-state index is 12.4. The molecule has 0 unspecified atom stereocenters. The summed E-state index contributed by atoms with van der Waals surface area (Å²) in [6.45, 7) is 7.23. The lowest BCUT2D eigenvalue weighted by Crippen LogP contribution is -2.48. The van der Waals surface area contributed by atoms with Gasteiger partial charge < -0.3 is 19.7 Å². The minimum absolute atomic E-state index is 0.00400. The topological polar surface area (TPSA) is 54.0 Å². The van der Waals surface area contributed by atoms with E-state index in [4.69, 9.17) is 9.47 Å². The van der Waals surface area contributed by atoms with E-state index in [-0.39, 0.29) is 5.91 Å². The number of hydrogen-bond acceptors (Lipinski definition) is 5. The van der Waals surface area contributed by atoms with Gasteiger partial charge in [0.15, 0.2) is 11.5 Å². The van der Waals surface area contributed by atoms with Crippen molar-refractivity contribution < 1.29 is 14.3 Å². The van der Waals surface area contributed by atoms with Crippen LogP contribution in [-0.2, 0) is 4.79 Å². The van der Waals surface area contributed by atoms with Crippen LogP contribution < -0.4 is 19.7 Å². The number of amides is 1. The predicted octanol–water partition coefficient (Wildman–Crippen LogP) is 2.53. The number of rotatable bonds is 4. The lowest BCUT2D eigenvalue weighted by atomic mass is 10.2. The summed E-state index contributed by atoms with van der Waals surface area (Å²) in [4.78, 5) is 17.0. The summed E-state index contributed by atoms with van der Waals surface area (Å²) in [5.41, 5.74) is 3.27. The molecule has 27 heavy (non-hydrogen) atoms. The number of carbonyl (C=O) groups excluding carboxylic acids is 1. The van der Waals surface area contributed by atoms with Crippen LogP contribution in [0, 0.1) is 6.92 Å². The molecular formula is C21H25N3O3. The van der Waals surface area contributed by atoms with Crippen molar-refractivity contribution in [2.75, 3.05) is 56.2 Å². The molecular weight excluding hydrogens is 342 g/mol. The largest absolute Gasteiger partial charge is 0.486 e. The monoisotopic (exact) mass is 367 g/mol. The Morgan fingerprint density at radius 3 is 2.56 bits per heavy atom. The highest BCUT2D eigenvalue weighted by Gasteiger charge is 2.20. The normalized spacial score (nSPS) is 16.9. The molecule has 2 heterocycles. The zero-order chi connectivity index (χ0) is 18.6. The van der Waals surface area contributed by atoms with E-state index in [9.17, 15) is 4.79 Å². The van der Waals surface area contributed by atoms with E-state index in [2.05, 4.69) is 46.3 Å². The molecule has 0 spiro atoms. The Kier molecular flexibility index (Phi) is 5.16. The average Bonchev–Trinajstić information content (AvgIpc) is 2.68. The SMILES string of the molecule is Cc1cccc(N2CCN(CC(=O)Nc3ccc4c(c3)OCCO4)CC2)c1. The molecule has 2 aliphatic heterocycles. The smallest absolute Gasteiger partial charge is 0.238 e. The lowest BCUT2D eigenvalue weighted by Gasteiger charge is -2.35. The second-order valence-corrected chi connectivity index (χ2v) is 7.01. The van der Waals surface area contributed by atoms with Gasteiger partial charge in [0.2, 0.25) is 5.91 Å². The molecule has 0 saturated carbocycles. The van der Waals surface area contributed by atoms with E-state index >= 15 is 0 Å². The summed E-state index contributed by atoms with van der Waals surface area (Å²) < 4.78 is 11.1. The van der Waals surface area contributed by atoms with E-state index in [0.29, 0.717) is 25.5 Å². The van der Waals surface area contributed by atoms with Gasteiger partial charge in [-0.25, -0.2) is 0 Å². The number of carbonyl (C=O) groups is 1. The predicted molar refractivity (Wildman–Crippen MR) is 106 cm³/mol. The fourth-order valence-corrected chi connectivity index (χ4v) is 3.51. The second kappa shape index (κ2) is 7.88. The minimum Gasteiger partial charge on any atom is -0.486 e. The summed E-state index contributed by atoms with van der Waals surface area (Å²) in [6, 6.07) is 14.1. The van der Waals surface area contributed by atoms with E-state index in [1.54, 1.807) is 0 Å². The Bertz CT molecular complexity index is 816. The Labute approximate surface area is 159 Å². The number of aryl methyl sites for hydroxylation is 1. The quantitative estimate of drug-likeness (QED) is 0.900. The summed E-state index contributed by atoms with van der Waals surface area (Å²) >= 11 is 0. The first-order valence-electron chi connectivity index (χ1n) is 9.41. The maximum absolute atomic E-state index is 12.4. The van der Waals surface area contributed by atoms with Crippen LogP contribution in [-0.4, -0.2) is 56.7 Å². The summed E-state index contributed by atoms with van der Waals surface area (Å²) in [5, 5.41) is 2.96. The van der Waals surface area contributed by atoms with Crippen LogP contribution in [0.15, 0.2) is 42.5 Å². The molecule has 0 aromatic heterocycles. The van der Waals surface area contributed by atoms with Crippen LogP contribution in [0.2, 0.25) is 0 Å². The molecule has 4 rings (SSSR count). The highest BCUT2D eigenvalue weighted by molar-refractivity contribution is 5.92. The average molecular weight is 367 g/mol. The number of nitrogens with zero attached hydrogens (tertiary/aromatic N) is 2. The molecule has 6 nitrogen and oxygen atoms in total. The van der Waals surface area contributed by atoms with Gasteiger partial charge in [-0.15, -0.1) is 0 Å². The van der Waals surface area contributed by atoms with Crippen molar-refractivity contribution in [2.45, 2.75) is 6.92 Å². The van der Waals surface area contributed by atoms with Gasteiger partial charge in [0.25, 0.3) is 0 Å². The van der Waals surface area contributed by atoms with Crippen LogP contribution >= 0.6 is 0 Å². The van der Waals surface area contributed by atoms with Gasteiger partial charge in [0.05, 0.1) is 6.54 Å². The maximum Gasteiger partial charge on any atom is 0.238 e. The van der Waals surface area contributed by atoms with E-state index in [1.807, 2.05) is 18.2 Å². The fraction of sp³-hybridized carbons (Fsp3) is 0.381. The van der Waals surface area contributed by atoms with Crippen LogP contribution in [0.5, 0.6) is 11.5 Å². The molecule has 2 aliphatic rings. The van der Waals surface area contributed by atoms with Crippen LogP contribution in [0.25, 0.3) is 0 Å². The third-order valence-electron chi connectivity index (χ3n) is 4.93. The van der Waals surface area contributed by atoms with E-state index in [1.165, 1.54) is 11.3 Å².